The lowest BCUT2D eigenvalue weighted by atomic mass is 9.87. The van der Waals surface area contributed by atoms with Gasteiger partial charge < -0.3 is 11.1 Å². The monoisotopic (exact) mass is 318 g/mol. The smallest absolute Gasteiger partial charge is 0.234 e. The lowest BCUT2D eigenvalue weighted by Crippen LogP contribution is -2.51. The first kappa shape index (κ1) is 18.7. The van der Waals surface area contributed by atoms with Crippen molar-refractivity contribution in [3.8, 4) is 0 Å². The number of amides is 1. The first-order chi connectivity index (χ1) is 9.67. The number of nitrogens with zero attached hydrogens (tertiary/aromatic N) is 2. The van der Waals surface area contributed by atoms with Crippen LogP contribution in [0, 0.1) is 5.92 Å². The van der Waals surface area contributed by atoms with Gasteiger partial charge in [0, 0.05) is 45.3 Å². The van der Waals surface area contributed by atoms with E-state index in [1.165, 1.54) is 12.8 Å². The first-order valence-corrected chi connectivity index (χ1v) is 8.11. The highest BCUT2D eigenvalue weighted by atomic mass is 35.5. The summed E-state index contributed by atoms with van der Waals surface area (Å²) < 4.78 is 0. The van der Waals surface area contributed by atoms with E-state index < -0.39 is 0 Å². The molecule has 1 saturated heterocycles. The summed E-state index contributed by atoms with van der Waals surface area (Å²) in [4.78, 5) is 16.7. The molecule has 1 heterocycles. The van der Waals surface area contributed by atoms with Crippen LogP contribution in [0.5, 0.6) is 0 Å². The molecular formula is C15H31ClN4O. The van der Waals surface area contributed by atoms with E-state index >= 15 is 0 Å². The fraction of sp³-hybridized carbons (Fsp3) is 0.933. The minimum absolute atomic E-state index is 0. The van der Waals surface area contributed by atoms with Crippen LogP contribution in [0.1, 0.15) is 32.6 Å². The van der Waals surface area contributed by atoms with Crippen LogP contribution >= 0.6 is 12.4 Å². The Kier molecular flexibility index (Phi) is 8.56. The molecule has 3 N–H and O–H groups in total. The van der Waals surface area contributed by atoms with Crippen molar-refractivity contribution >= 4 is 18.3 Å². The van der Waals surface area contributed by atoms with Gasteiger partial charge in [-0.15, -0.1) is 12.4 Å². The second-order valence-corrected chi connectivity index (χ2v) is 6.43. The SMILES string of the molecule is CC1CCC(NC(=O)CN2CCN(CCN)CC2)CC1.Cl. The molecule has 6 heteroatoms. The predicted molar refractivity (Wildman–Crippen MR) is 88.7 cm³/mol. The van der Waals surface area contributed by atoms with Gasteiger partial charge >= 0.3 is 0 Å². The second kappa shape index (κ2) is 9.62. The Hall–Kier alpha value is -0.360. The summed E-state index contributed by atoms with van der Waals surface area (Å²) in [5, 5.41) is 3.21. The largest absolute Gasteiger partial charge is 0.352 e. The Morgan fingerprint density at radius 1 is 1.10 bits per heavy atom. The molecule has 0 aromatic rings. The van der Waals surface area contributed by atoms with Crippen LogP contribution in [0.25, 0.3) is 0 Å². The highest BCUT2D eigenvalue weighted by molar-refractivity contribution is 5.85. The van der Waals surface area contributed by atoms with Crippen LogP contribution in [0.15, 0.2) is 0 Å². The van der Waals surface area contributed by atoms with Gasteiger partial charge in [-0.2, -0.15) is 0 Å². The maximum atomic E-state index is 12.1. The summed E-state index contributed by atoms with van der Waals surface area (Å²) in [7, 11) is 0. The van der Waals surface area contributed by atoms with E-state index in [1.54, 1.807) is 0 Å². The van der Waals surface area contributed by atoms with E-state index in [0.717, 1.165) is 58.0 Å². The molecule has 0 aromatic carbocycles. The first-order valence-electron chi connectivity index (χ1n) is 8.11. The highest BCUT2D eigenvalue weighted by Crippen LogP contribution is 2.23. The number of hydrogen-bond acceptors (Lipinski definition) is 4. The molecule has 0 unspecified atom stereocenters. The van der Waals surface area contributed by atoms with E-state index in [0.29, 0.717) is 12.6 Å². The average Bonchev–Trinajstić information content (AvgIpc) is 2.44. The highest BCUT2D eigenvalue weighted by Gasteiger charge is 2.22. The van der Waals surface area contributed by atoms with Crippen LogP contribution in [0.4, 0.5) is 0 Å². The fourth-order valence-corrected chi connectivity index (χ4v) is 3.23. The topological polar surface area (TPSA) is 61.6 Å². The average molecular weight is 319 g/mol. The number of piperazine rings is 1. The molecule has 1 amide bonds. The van der Waals surface area contributed by atoms with Crippen LogP contribution in [0.2, 0.25) is 0 Å². The summed E-state index contributed by atoms with van der Waals surface area (Å²) in [6.45, 7) is 8.59. The van der Waals surface area contributed by atoms with Crippen LogP contribution in [0.3, 0.4) is 0 Å². The van der Waals surface area contributed by atoms with Crippen LogP contribution in [-0.4, -0.2) is 67.6 Å². The maximum absolute atomic E-state index is 12.1. The molecule has 2 aliphatic rings. The summed E-state index contributed by atoms with van der Waals surface area (Å²) in [6, 6.07) is 0.414. The molecule has 0 spiro atoms. The third kappa shape index (κ3) is 6.51. The molecule has 1 aliphatic heterocycles. The number of halogens is 1. The van der Waals surface area contributed by atoms with Crippen molar-refractivity contribution < 1.29 is 4.79 Å². The fourth-order valence-electron chi connectivity index (χ4n) is 3.23. The molecule has 1 saturated carbocycles. The molecule has 124 valence electrons. The number of carbonyl (C=O) groups is 1. The standard InChI is InChI=1S/C15H30N4O.ClH/c1-13-2-4-14(5-3-13)17-15(20)12-19-10-8-18(7-6-16)9-11-19;/h13-14H,2-12,16H2,1H3,(H,17,20);1H. The van der Waals surface area contributed by atoms with E-state index in [9.17, 15) is 4.79 Å². The molecular weight excluding hydrogens is 288 g/mol. The zero-order valence-electron chi connectivity index (χ0n) is 13.2. The van der Waals surface area contributed by atoms with Gasteiger partial charge in [0.1, 0.15) is 0 Å². The Labute approximate surface area is 135 Å². The van der Waals surface area contributed by atoms with Crippen molar-refractivity contribution in [2.24, 2.45) is 11.7 Å². The Balaban J connectivity index is 0.00000220. The summed E-state index contributed by atoms with van der Waals surface area (Å²) in [5.74, 6) is 1.04. The van der Waals surface area contributed by atoms with Crippen molar-refractivity contribution in [1.82, 2.24) is 15.1 Å². The van der Waals surface area contributed by atoms with Crippen molar-refractivity contribution in [2.45, 2.75) is 38.6 Å². The molecule has 0 bridgehead atoms. The van der Waals surface area contributed by atoms with Gasteiger partial charge in [-0.3, -0.25) is 14.6 Å². The summed E-state index contributed by atoms with van der Waals surface area (Å²) in [6.07, 6.45) is 4.81. The molecule has 0 aromatic heterocycles. The van der Waals surface area contributed by atoms with E-state index in [-0.39, 0.29) is 18.3 Å². The Morgan fingerprint density at radius 2 is 1.67 bits per heavy atom. The number of nitrogens with one attached hydrogen (secondary N) is 1. The molecule has 0 atom stereocenters. The molecule has 2 rings (SSSR count). The molecule has 0 radical (unpaired) electrons. The Bertz CT molecular complexity index is 300. The van der Waals surface area contributed by atoms with Gasteiger partial charge in [-0.25, -0.2) is 0 Å². The molecule has 5 nitrogen and oxygen atoms in total. The van der Waals surface area contributed by atoms with Crippen molar-refractivity contribution in [3.63, 3.8) is 0 Å². The minimum Gasteiger partial charge on any atom is -0.352 e. The maximum Gasteiger partial charge on any atom is 0.234 e. The third-order valence-corrected chi connectivity index (χ3v) is 4.66. The van der Waals surface area contributed by atoms with Gasteiger partial charge in [0.05, 0.1) is 6.54 Å². The lowest BCUT2D eigenvalue weighted by Gasteiger charge is -2.34. The summed E-state index contributed by atoms with van der Waals surface area (Å²) in [5.41, 5.74) is 5.57. The molecule has 1 aliphatic carbocycles. The van der Waals surface area contributed by atoms with Gasteiger partial charge in [-0.1, -0.05) is 6.92 Å². The van der Waals surface area contributed by atoms with Gasteiger partial charge in [0.2, 0.25) is 5.91 Å². The second-order valence-electron chi connectivity index (χ2n) is 6.43. The molecule has 2 fully saturated rings. The minimum atomic E-state index is 0. The van der Waals surface area contributed by atoms with Crippen molar-refractivity contribution in [3.05, 3.63) is 0 Å². The number of nitrogens with two attached hydrogens (primary N) is 1. The van der Waals surface area contributed by atoms with E-state index in [1.807, 2.05) is 0 Å². The van der Waals surface area contributed by atoms with Crippen molar-refractivity contribution in [2.75, 3.05) is 45.8 Å². The van der Waals surface area contributed by atoms with E-state index in [4.69, 9.17) is 5.73 Å². The quantitative estimate of drug-likeness (QED) is 0.782. The number of rotatable bonds is 5. The number of hydrogen-bond donors (Lipinski definition) is 2. The van der Waals surface area contributed by atoms with E-state index in [2.05, 4.69) is 22.0 Å². The number of carbonyl (C=O) groups excluding carboxylic acids is 1. The Morgan fingerprint density at radius 3 is 2.24 bits per heavy atom. The van der Waals surface area contributed by atoms with Gasteiger partial charge in [0.15, 0.2) is 0 Å². The normalized spacial score (nSPS) is 27.9. The zero-order valence-corrected chi connectivity index (χ0v) is 14.0. The van der Waals surface area contributed by atoms with Crippen LogP contribution < -0.4 is 11.1 Å². The van der Waals surface area contributed by atoms with Gasteiger partial charge in [-0.05, 0) is 31.6 Å². The van der Waals surface area contributed by atoms with Crippen LogP contribution in [-0.2, 0) is 4.79 Å². The zero-order chi connectivity index (χ0) is 14.4. The van der Waals surface area contributed by atoms with Gasteiger partial charge in [0.25, 0.3) is 0 Å². The van der Waals surface area contributed by atoms with Crippen molar-refractivity contribution in [1.29, 1.82) is 0 Å². The molecule has 21 heavy (non-hydrogen) atoms. The summed E-state index contributed by atoms with van der Waals surface area (Å²) >= 11 is 0. The predicted octanol–water partition coefficient (Wildman–Crippen LogP) is 0.679. The lowest BCUT2D eigenvalue weighted by molar-refractivity contribution is -0.123. The third-order valence-electron chi connectivity index (χ3n) is 4.66.